The largest absolute Gasteiger partial charge is 0.344 e. The molecule has 1 aromatic heterocycles. The van der Waals surface area contributed by atoms with Gasteiger partial charge in [0, 0.05) is 0 Å². The fourth-order valence-electron chi connectivity index (χ4n) is 0.954. The number of aromatic amines is 1. The van der Waals surface area contributed by atoms with Gasteiger partial charge in [-0.3, -0.25) is 9.78 Å². The minimum Gasteiger partial charge on any atom is -0.270 e. The van der Waals surface area contributed by atoms with Gasteiger partial charge in [0.2, 0.25) is 0 Å². The Labute approximate surface area is 89.9 Å². The topological polar surface area (TPSA) is 91.5 Å². The highest BCUT2D eigenvalue weighted by atomic mass is 32.2. The summed E-state index contributed by atoms with van der Waals surface area (Å²) in [6, 6.07) is 1.91. The average Bonchev–Trinajstić information content (AvgIpc) is 2.20. The Hall–Kier alpha value is -1.55. The molecule has 0 atom stereocenters. The van der Waals surface area contributed by atoms with Gasteiger partial charge in [0.05, 0.1) is 19.0 Å². The number of nitriles is 1. The molecule has 7 heteroatoms. The molecule has 0 saturated heterocycles. The summed E-state index contributed by atoms with van der Waals surface area (Å²) in [5.74, 6) is 0.701. The van der Waals surface area contributed by atoms with Gasteiger partial charge in [0.15, 0.2) is 5.03 Å². The monoisotopic (exact) mass is 226 g/mol. The summed E-state index contributed by atoms with van der Waals surface area (Å²) in [5.41, 5.74) is -1.05. The Kier molecular flexibility index (Phi) is 4.12. The molecule has 0 aliphatic rings. The van der Waals surface area contributed by atoms with E-state index < -0.39 is 11.2 Å². The van der Waals surface area contributed by atoms with Gasteiger partial charge in [0.25, 0.3) is 5.56 Å². The molecule has 15 heavy (non-hydrogen) atoms. The zero-order valence-corrected chi connectivity index (χ0v) is 9.00. The first-order valence-corrected chi connectivity index (χ1v) is 5.38. The number of thioether (sulfide) groups is 1. The summed E-state index contributed by atoms with van der Waals surface area (Å²) in [6.07, 6.45) is 0.190. The van der Waals surface area contributed by atoms with E-state index in [-0.39, 0.29) is 18.0 Å². The van der Waals surface area contributed by atoms with Crippen LogP contribution >= 0.6 is 11.8 Å². The Bertz CT molecular complexity index is 485. The molecule has 0 fully saturated rings. The molecule has 0 radical (unpaired) electrons. The van der Waals surface area contributed by atoms with Gasteiger partial charge in [-0.05, 0) is 5.75 Å². The highest BCUT2D eigenvalue weighted by Gasteiger charge is 2.05. The summed E-state index contributed by atoms with van der Waals surface area (Å²) < 4.78 is 1.10. The van der Waals surface area contributed by atoms with Crippen molar-refractivity contribution in [3.05, 3.63) is 20.8 Å². The summed E-state index contributed by atoms with van der Waals surface area (Å²) in [7, 11) is 0. The number of aromatic nitrogens is 3. The Morgan fingerprint density at radius 3 is 2.93 bits per heavy atom. The van der Waals surface area contributed by atoms with Gasteiger partial charge in [-0.1, -0.05) is 18.7 Å². The van der Waals surface area contributed by atoms with Crippen molar-refractivity contribution in [2.24, 2.45) is 0 Å². The van der Waals surface area contributed by atoms with Crippen molar-refractivity contribution in [3.8, 4) is 6.07 Å². The van der Waals surface area contributed by atoms with Crippen LogP contribution in [0.25, 0.3) is 0 Å². The lowest BCUT2D eigenvalue weighted by molar-refractivity contribution is 0.536. The van der Waals surface area contributed by atoms with E-state index in [0.717, 1.165) is 4.68 Å². The highest BCUT2D eigenvalue weighted by molar-refractivity contribution is 7.99. The fraction of sp³-hybridized carbons (Fsp3) is 0.500. The number of H-pyrrole nitrogens is 1. The second-order valence-corrected chi connectivity index (χ2v) is 3.88. The predicted octanol–water partition coefficient (Wildman–Crippen LogP) is -0.0427. The van der Waals surface area contributed by atoms with Gasteiger partial charge < -0.3 is 0 Å². The van der Waals surface area contributed by atoms with Crippen molar-refractivity contribution in [1.82, 2.24) is 14.8 Å². The van der Waals surface area contributed by atoms with Crippen LogP contribution in [0.1, 0.15) is 13.3 Å². The van der Waals surface area contributed by atoms with E-state index in [2.05, 4.69) is 10.1 Å². The van der Waals surface area contributed by atoms with E-state index in [1.807, 2.05) is 13.0 Å². The summed E-state index contributed by atoms with van der Waals surface area (Å²) in [6.45, 7) is 2.08. The molecule has 1 aromatic rings. The summed E-state index contributed by atoms with van der Waals surface area (Å²) in [4.78, 5) is 24.6. The maximum atomic E-state index is 11.2. The van der Waals surface area contributed by atoms with Crippen molar-refractivity contribution in [2.45, 2.75) is 24.9 Å². The Morgan fingerprint density at radius 2 is 2.33 bits per heavy atom. The van der Waals surface area contributed by atoms with Gasteiger partial charge in [0.1, 0.15) is 0 Å². The summed E-state index contributed by atoms with van der Waals surface area (Å²) >= 11 is 1.26. The van der Waals surface area contributed by atoms with E-state index in [1.165, 1.54) is 11.8 Å². The third-order valence-corrected chi connectivity index (χ3v) is 2.41. The van der Waals surface area contributed by atoms with E-state index in [1.54, 1.807) is 0 Å². The lowest BCUT2D eigenvalue weighted by Gasteiger charge is -2.02. The summed E-state index contributed by atoms with van der Waals surface area (Å²) in [5, 5.41) is 12.5. The molecule has 1 rings (SSSR count). The maximum Gasteiger partial charge on any atom is 0.344 e. The number of hydrogen-bond donors (Lipinski definition) is 1. The smallest absolute Gasteiger partial charge is 0.270 e. The van der Waals surface area contributed by atoms with Gasteiger partial charge >= 0.3 is 5.69 Å². The SMILES string of the molecule is CCSc1nn(CCC#N)c(=O)[nH]c1=O. The Balaban J connectivity index is 3.07. The third-order valence-electron chi connectivity index (χ3n) is 1.58. The number of hydrogen-bond acceptors (Lipinski definition) is 5. The van der Waals surface area contributed by atoms with Gasteiger partial charge in [-0.15, -0.1) is 0 Å². The first kappa shape index (κ1) is 11.5. The predicted molar refractivity (Wildman–Crippen MR) is 55.7 cm³/mol. The van der Waals surface area contributed by atoms with E-state index in [4.69, 9.17) is 5.26 Å². The van der Waals surface area contributed by atoms with Crippen LogP contribution in [0.2, 0.25) is 0 Å². The standard InChI is InChI=1S/C8H10N4O2S/c1-2-15-7-6(13)10-8(14)12(11-7)5-3-4-9/h2-3,5H2,1H3,(H,10,13,14). The maximum absolute atomic E-state index is 11.2. The van der Waals surface area contributed by atoms with Gasteiger partial charge in [-0.2, -0.15) is 10.4 Å². The van der Waals surface area contributed by atoms with Crippen LogP contribution in [0.3, 0.4) is 0 Å². The van der Waals surface area contributed by atoms with Crippen LogP contribution in [-0.2, 0) is 6.54 Å². The zero-order valence-electron chi connectivity index (χ0n) is 8.19. The van der Waals surface area contributed by atoms with Crippen LogP contribution in [0.15, 0.2) is 14.6 Å². The lowest BCUT2D eigenvalue weighted by Crippen LogP contribution is -2.33. The van der Waals surface area contributed by atoms with Crippen LogP contribution in [-0.4, -0.2) is 20.5 Å². The first-order chi connectivity index (χ1) is 7.19. The number of rotatable bonds is 4. The van der Waals surface area contributed by atoms with Crippen LogP contribution in [0, 0.1) is 11.3 Å². The van der Waals surface area contributed by atoms with E-state index in [9.17, 15) is 9.59 Å². The fourth-order valence-corrected chi connectivity index (χ4v) is 1.57. The molecule has 6 nitrogen and oxygen atoms in total. The number of aryl methyl sites for hydroxylation is 1. The number of nitrogens with one attached hydrogen (secondary N) is 1. The molecule has 80 valence electrons. The number of nitrogens with zero attached hydrogens (tertiary/aromatic N) is 3. The van der Waals surface area contributed by atoms with Crippen molar-refractivity contribution in [1.29, 1.82) is 5.26 Å². The molecule has 0 bridgehead atoms. The third kappa shape index (κ3) is 2.95. The second kappa shape index (κ2) is 5.36. The molecule has 1 N–H and O–H groups in total. The van der Waals surface area contributed by atoms with Crippen molar-refractivity contribution >= 4 is 11.8 Å². The zero-order chi connectivity index (χ0) is 11.3. The minimum absolute atomic E-state index is 0.190. The molecular weight excluding hydrogens is 216 g/mol. The Morgan fingerprint density at radius 1 is 1.60 bits per heavy atom. The van der Waals surface area contributed by atoms with Crippen molar-refractivity contribution in [3.63, 3.8) is 0 Å². The molecule has 0 unspecified atom stereocenters. The molecule has 0 amide bonds. The van der Waals surface area contributed by atoms with E-state index >= 15 is 0 Å². The molecule has 0 saturated carbocycles. The second-order valence-electron chi connectivity index (χ2n) is 2.63. The van der Waals surface area contributed by atoms with Crippen LogP contribution < -0.4 is 11.2 Å². The molecule has 0 aliphatic carbocycles. The van der Waals surface area contributed by atoms with Crippen molar-refractivity contribution < 1.29 is 0 Å². The molecule has 1 heterocycles. The lowest BCUT2D eigenvalue weighted by atomic mass is 10.5. The van der Waals surface area contributed by atoms with E-state index in [0.29, 0.717) is 5.75 Å². The molecule has 0 spiro atoms. The normalized spacial score (nSPS) is 9.87. The highest BCUT2D eigenvalue weighted by Crippen LogP contribution is 2.06. The van der Waals surface area contributed by atoms with Crippen molar-refractivity contribution in [2.75, 3.05) is 5.75 Å². The van der Waals surface area contributed by atoms with Crippen LogP contribution in [0.4, 0.5) is 0 Å². The molecule has 0 aromatic carbocycles. The average molecular weight is 226 g/mol. The molecular formula is C8H10N4O2S. The quantitative estimate of drug-likeness (QED) is 0.727. The minimum atomic E-state index is -0.573. The van der Waals surface area contributed by atoms with Gasteiger partial charge in [-0.25, -0.2) is 9.48 Å². The molecule has 0 aliphatic heterocycles. The van der Waals surface area contributed by atoms with Crippen LogP contribution in [0.5, 0.6) is 0 Å². The first-order valence-electron chi connectivity index (χ1n) is 4.40.